The first-order valence-corrected chi connectivity index (χ1v) is 8.71. The van der Waals surface area contributed by atoms with Crippen molar-refractivity contribution in [2.45, 2.75) is 44.4 Å². The molecule has 1 rings (SSSR count). The SMILES string of the molecule is CCCCCCNS(=O)(=O)c1cc(Br)cc(N)c1C. The Morgan fingerprint density at radius 3 is 2.58 bits per heavy atom. The summed E-state index contributed by atoms with van der Waals surface area (Å²) in [7, 11) is -3.48. The highest BCUT2D eigenvalue weighted by atomic mass is 79.9. The molecule has 6 heteroatoms. The lowest BCUT2D eigenvalue weighted by molar-refractivity contribution is 0.573. The van der Waals surface area contributed by atoms with Gasteiger partial charge in [0.2, 0.25) is 10.0 Å². The van der Waals surface area contributed by atoms with Gasteiger partial charge in [0.05, 0.1) is 4.90 Å². The second-order valence-electron chi connectivity index (χ2n) is 4.58. The number of hydrogen-bond acceptors (Lipinski definition) is 3. The number of sulfonamides is 1. The van der Waals surface area contributed by atoms with E-state index in [1.807, 2.05) is 0 Å². The summed E-state index contributed by atoms with van der Waals surface area (Å²) in [5, 5.41) is 0. The van der Waals surface area contributed by atoms with Crippen LogP contribution in [0.2, 0.25) is 0 Å². The summed E-state index contributed by atoms with van der Waals surface area (Å²) in [4.78, 5) is 0.245. The number of nitrogens with one attached hydrogen (secondary N) is 1. The molecule has 0 saturated heterocycles. The fourth-order valence-corrected chi connectivity index (χ4v) is 3.79. The lowest BCUT2D eigenvalue weighted by atomic mass is 10.2. The van der Waals surface area contributed by atoms with Crippen molar-refractivity contribution in [3.8, 4) is 0 Å². The van der Waals surface area contributed by atoms with E-state index in [0.29, 0.717) is 22.3 Å². The lowest BCUT2D eigenvalue weighted by Gasteiger charge is -2.11. The molecule has 0 aromatic heterocycles. The van der Waals surface area contributed by atoms with Crippen molar-refractivity contribution < 1.29 is 8.42 Å². The van der Waals surface area contributed by atoms with Gasteiger partial charge >= 0.3 is 0 Å². The molecule has 4 nitrogen and oxygen atoms in total. The number of benzene rings is 1. The van der Waals surface area contributed by atoms with Crippen LogP contribution in [0.3, 0.4) is 0 Å². The Balaban J connectivity index is 2.78. The van der Waals surface area contributed by atoms with Gasteiger partial charge in [0.15, 0.2) is 0 Å². The molecule has 0 fully saturated rings. The average Bonchev–Trinajstić information content (AvgIpc) is 2.33. The third-order valence-corrected chi connectivity index (χ3v) is 5.02. The minimum Gasteiger partial charge on any atom is -0.398 e. The van der Waals surface area contributed by atoms with Crippen LogP contribution in [0.5, 0.6) is 0 Å². The minimum absolute atomic E-state index is 0.245. The van der Waals surface area contributed by atoms with Crippen molar-refractivity contribution in [3.05, 3.63) is 22.2 Å². The maximum Gasteiger partial charge on any atom is 0.240 e. The van der Waals surface area contributed by atoms with Crippen molar-refractivity contribution in [2.24, 2.45) is 0 Å². The monoisotopic (exact) mass is 348 g/mol. The van der Waals surface area contributed by atoms with Gasteiger partial charge in [-0.1, -0.05) is 42.1 Å². The van der Waals surface area contributed by atoms with Crippen LogP contribution < -0.4 is 10.5 Å². The Morgan fingerprint density at radius 2 is 1.95 bits per heavy atom. The van der Waals surface area contributed by atoms with Gasteiger partial charge in [-0.15, -0.1) is 0 Å². The van der Waals surface area contributed by atoms with Crippen molar-refractivity contribution >= 4 is 31.6 Å². The number of unbranched alkanes of at least 4 members (excludes halogenated alkanes) is 3. The molecule has 0 atom stereocenters. The maximum atomic E-state index is 12.2. The molecular weight excluding hydrogens is 328 g/mol. The van der Waals surface area contributed by atoms with Crippen molar-refractivity contribution in [1.82, 2.24) is 4.72 Å². The third kappa shape index (κ3) is 4.78. The van der Waals surface area contributed by atoms with Crippen LogP contribution in [-0.2, 0) is 10.0 Å². The number of nitrogens with two attached hydrogens (primary N) is 1. The molecule has 0 amide bonds. The standard InChI is InChI=1S/C13H21BrN2O2S/c1-3-4-5-6-7-16-19(17,18)13-9-11(14)8-12(15)10(13)2/h8-9,16H,3-7,15H2,1-2H3. The molecule has 0 heterocycles. The molecule has 0 spiro atoms. The highest BCUT2D eigenvalue weighted by Gasteiger charge is 2.18. The first kappa shape index (κ1) is 16.5. The molecule has 1 aromatic rings. The van der Waals surface area contributed by atoms with Gasteiger partial charge in [0, 0.05) is 16.7 Å². The van der Waals surface area contributed by atoms with E-state index in [2.05, 4.69) is 27.6 Å². The Hall–Kier alpha value is -0.590. The van der Waals surface area contributed by atoms with Gasteiger partial charge < -0.3 is 5.73 Å². The summed E-state index contributed by atoms with van der Waals surface area (Å²) in [5.41, 5.74) is 6.85. The molecule has 0 aliphatic heterocycles. The van der Waals surface area contributed by atoms with Gasteiger partial charge in [-0.3, -0.25) is 0 Å². The molecule has 0 unspecified atom stereocenters. The second kappa shape index (κ2) is 7.26. The van der Waals surface area contributed by atoms with Crippen LogP contribution in [-0.4, -0.2) is 15.0 Å². The number of rotatable bonds is 7. The lowest BCUT2D eigenvalue weighted by Crippen LogP contribution is -2.25. The van der Waals surface area contributed by atoms with E-state index >= 15 is 0 Å². The zero-order chi connectivity index (χ0) is 14.5. The predicted octanol–water partition coefficient (Wildman–Crippen LogP) is 3.20. The van der Waals surface area contributed by atoms with Crippen LogP contribution in [0.15, 0.2) is 21.5 Å². The second-order valence-corrected chi connectivity index (χ2v) is 7.23. The van der Waals surface area contributed by atoms with E-state index in [1.165, 1.54) is 0 Å². The molecule has 0 aliphatic rings. The predicted molar refractivity (Wildman–Crippen MR) is 82.6 cm³/mol. The van der Waals surface area contributed by atoms with E-state index in [-0.39, 0.29) is 4.90 Å². The topological polar surface area (TPSA) is 72.2 Å². The molecule has 0 saturated carbocycles. The average molecular weight is 349 g/mol. The van der Waals surface area contributed by atoms with E-state index in [0.717, 1.165) is 25.7 Å². The van der Waals surface area contributed by atoms with E-state index < -0.39 is 10.0 Å². The first-order chi connectivity index (χ1) is 8.88. The quantitative estimate of drug-likeness (QED) is 0.587. The summed E-state index contributed by atoms with van der Waals surface area (Å²) in [6, 6.07) is 3.29. The molecule has 1 aromatic carbocycles. The normalized spacial score (nSPS) is 11.7. The zero-order valence-corrected chi connectivity index (χ0v) is 13.8. The summed E-state index contributed by atoms with van der Waals surface area (Å²) in [5.74, 6) is 0. The highest BCUT2D eigenvalue weighted by Crippen LogP contribution is 2.26. The summed E-state index contributed by atoms with van der Waals surface area (Å²) in [6.45, 7) is 4.30. The fraction of sp³-hybridized carbons (Fsp3) is 0.538. The van der Waals surface area contributed by atoms with Crippen LogP contribution in [0.25, 0.3) is 0 Å². The number of nitrogen functional groups attached to an aromatic ring is 1. The van der Waals surface area contributed by atoms with Gasteiger partial charge in [0.1, 0.15) is 0 Å². The van der Waals surface area contributed by atoms with E-state index in [4.69, 9.17) is 5.73 Å². The summed E-state index contributed by atoms with van der Waals surface area (Å²) < 4.78 is 27.7. The van der Waals surface area contributed by atoms with Crippen LogP contribution >= 0.6 is 15.9 Å². The van der Waals surface area contributed by atoms with Crippen LogP contribution in [0, 0.1) is 6.92 Å². The van der Waals surface area contributed by atoms with Crippen molar-refractivity contribution in [1.29, 1.82) is 0 Å². The zero-order valence-electron chi connectivity index (χ0n) is 11.4. The molecule has 0 bridgehead atoms. The maximum absolute atomic E-state index is 12.2. The number of anilines is 1. The van der Waals surface area contributed by atoms with Gasteiger partial charge in [0.25, 0.3) is 0 Å². The van der Waals surface area contributed by atoms with Crippen molar-refractivity contribution in [3.63, 3.8) is 0 Å². The largest absolute Gasteiger partial charge is 0.398 e. The van der Waals surface area contributed by atoms with Gasteiger partial charge in [-0.2, -0.15) is 0 Å². The van der Waals surface area contributed by atoms with Gasteiger partial charge in [-0.25, -0.2) is 13.1 Å². The smallest absolute Gasteiger partial charge is 0.240 e. The van der Waals surface area contributed by atoms with E-state index in [1.54, 1.807) is 19.1 Å². The third-order valence-electron chi connectivity index (χ3n) is 2.98. The molecule has 0 radical (unpaired) electrons. The molecule has 3 N–H and O–H groups in total. The summed E-state index contributed by atoms with van der Waals surface area (Å²) in [6.07, 6.45) is 4.16. The highest BCUT2D eigenvalue weighted by molar-refractivity contribution is 9.10. The van der Waals surface area contributed by atoms with Gasteiger partial charge in [-0.05, 0) is 31.0 Å². The Kier molecular flexibility index (Phi) is 6.29. The van der Waals surface area contributed by atoms with Crippen LogP contribution in [0.4, 0.5) is 5.69 Å². The number of halogens is 1. The van der Waals surface area contributed by atoms with E-state index in [9.17, 15) is 8.42 Å². The molecule has 19 heavy (non-hydrogen) atoms. The van der Waals surface area contributed by atoms with Crippen LogP contribution in [0.1, 0.15) is 38.2 Å². The first-order valence-electron chi connectivity index (χ1n) is 6.43. The Bertz CT molecular complexity index is 530. The fourth-order valence-electron chi connectivity index (χ4n) is 1.79. The summed E-state index contributed by atoms with van der Waals surface area (Å²) >= 11 is 3.27. The Labute approximate surface area is 124 Å². The molecule has 108 valence electrons. The van der Waals surface area contributed by atoms with Crippen molar-refractivity contribution in [2.75, 3.05) is 12.3 Å². The molecular formula is C13H21BrN2O2S. The Morgan fingerprint density at radius 1 is 1.26 bits per heavy atom. The molecule has 0 aliphatic carbocycles. The number of hydrogen-bond donors (Lipinski definition) is 2. The minimum atomic E-state index is -3.48.